The van der Waals surface area contributed by atoms with Gasteiger partial charge in [-0.15, -0.1) is 0 Å². The molecule has 0 spiro atoms. The first-order valence-electron chi connectivity index (χ1n) is 8.99. The first-order valence-corrected chi connectivity index (χ1v) is 10.4. The van der Waals surface area contributed by atoms with Gasteiger partial charge in [-0.25, -0.2) is 8.42 Å². The fourth-order valence-corrected chi connectivity index (χ4v) is 4.27. The molecule has 0 unspecified atom stereocenters. The predicted molar refractivity (Wildman–Crippen MR) is 110 cm³/mol. The minimum atomic E-state index is -3.49. The van der Waals surface area contributed by atoms with Crippen molar-refractivity contribution in [2.24, 2.45) is 0 Å². The molecule has 27 heavy (non-hydrogen) atoms. The van der Waals surface area contributed by atoms with E-state index in [0.29, 0.717) is 18.8 Å². The van der Waals surface area contributed by atoms with Crippen molar-refractivity contribution in [1.29, 1.82) is 0 Å². The lowest BCUT2D eigenvalue weighted by atomic mass is 10.1. The van der Waals surface area contributed by atoms with Crippen LogP contribution in [0, 0.1) is 13.8 Å². The number of carbonyl (C=O) groups excluding carboxylic acids is 1. The summed E-state index contributed by atoms with van der Waals surface area (Å²) in [4.78, 5) is 12.4. The second-order valence-electron chi connectivity index (χ2n) is 6.33. The van der Waals surface area contributed by atoms with E-state index in [1.165, 1.54) is 22.0 Å². The summed E-state index contributed by atoms with van der Waals surface area (Å²) in [5.41, 5.74) is 3.72. The number of carbonyl (C=O) groups is 1. The van der Waals surface area contributed by atoms with Gasteiger partial charge in [-0.05, 0) is 49.7 Å². The zero-order valence-electron chi connectivity index (χ0n) is 16.2. The number of anilines is 2. The molecule has 2 N–H and O–H groups in total. The first kappa shape index (κ1) is 20.9. The van der Waals surface area contributed by atoms with E-state index in [4.69, 9.17) is 0 Å². The van der Waals surface area contributed by atoms with Crippen LogP contribution in [0.2, 0.25) is 0 Å². The smallest absolute Gasteiger partial charge is 0.243 e. The molecule has 0 aliphatic heterocycles. The average molecular weight is 390 g/mol. The Morgan fingerprint density at radius 2 is 1.63 bits per heavy atom. The van der Waals surface area contributed by atoms with Gasteiger partial charge in [-0.2, -0.15) is 4.31 Å². The molecule has 2 aromatic rings. The molecule has 0 saturated carbocycles. The third-order valence-corrected chi connectivity index (χ3v) is 6.37. The molecule has 1 amide bonds. The fourth-order valence-electron chi connectivity index (χ4n) is 2.82. The van der Waals surface area contributed by atoms with E-state index in [0.717, 1.165) is 11.3 Å². The molecule has 7 heteroatoms. The van der Waals surface area contributed by atoms with Crippen molar-refractivity contribution < 1.29 is 13.2 Å². The van der Waals surface area contributed by atoms with Crippen LogP contribution >= 0.6 is 0 Å². The molecule has 2 aromatic carbocycles. The minimum Gasteiger partial charge on any atom is -0.376 e. The van der Waals surface area contributed by atoms with Gasteiger partial charge in [-0.3, -0.25) is 4.79 Å². The van der Waals surface area contributed by atoms with Crippen LogP contribution in [0.3, 0.4) is 0 Å². The maximum Gasteiger partial charge on any atom is 0.243 e. The lowest BCUT2D eigenvalue weighted by Gasteiger charge is -2.18. The lowest BCUT2D eigenvalue weighted by Crippen LogP contribution is -2.30. The van der Waals surface area contributed by atoms with Gasteiger partial charge in [0, 0.05) is 24.5 Å². The Morgan fingerprint density at radius 3 is 2.19 bits per heavy atom. The van der Waals surface area contributed by atoms with Crippen LogP contribution in [-0.4, -0.2) is 38.3 Å². The summed E-state index contributed by atoms with van der Waals surface area (Å²) in [6.45, 7) is 8.58. The average Bonchev–Trinajstić information content (AvgIpc) is 2.62. The van der Waals surface area contributed by atoms with Gasteiger partial charge in [0.15, 0.2) is 0 Å². The molecule has 0 saturated heterocycles. The Morgan fingerprint density at radius 1 is 1.00 bits per heavy atom. The summed E-state index contributed by atoms with van der Waals surface area (Å²) in [5, 5.41) is 5.88. The monoisotopic (exact) mass is 389 g/mol. The Hall–Kier alpha value is -2.38. The predicted octanol–water partition coefficient (Wildman–Crippen LogP) is 3.38. The maximum atomic E-state index is 12.5. The van der Waals surface area contributed by atoms with E-state index in [-0.39, 0.29) is 17.3 Å². The van der Waals surface area contributed by atoms with Gasteiger partial charge in [-0.1, -0.05) is 31.5 Å². The number of nitrogens with one attached hydrogen (secondary N) is 2. The topological polar surface area (TPSA) is 78.5 Å². The number of amides is 1. The van der Waals surface area contributed by atoms with Crippen LogP contribution in [0.1, 0.15) is 25.0 Å². The van der Waals surface area contributed by atoms with Crippen LogP contribution < -0.4 is 10.6 Å². The van der Waals surface area contributed by atoms with E-state index in [2.05, 4.69) is 16.7 Å². The fraction of sp³-hybridized carbons (Fsp3) is 0.350. The largest absolute Gasteiger partial charge is 0.376 e. The van der Waals surface area contributed by atoms with Crippen molar-refractivity contribution in [3.8, 4) is 0 Å². The Kier molecular flexibility index (Phi) is 6.98. The zero-order valence-corrected chi connectivity index (χ0v) is 17.1. The summed E-state index contributed by atoms with van der Waals surface area (Å²) in [5.74, 6) is -0.200. The molecule has 0 radical (unpaired) electrons. The van der Waals surface area contributed by atoms with Gasteiger partial charge in [0.25, 0.3) is 0 Å². The van der Waals surface area contributed by atoms with Crippen molar-refractivity contribution in [3.05, 3.63) is 53.6 Å². The highest BCUT2D eigenvalue weighted by molar-refractivity contribution is 7.89. The number of hydrogen-bond donors (Lipinski definition) is 2. The van der Waals surface area contributed by atoms with Gasteiger partial charge >= 0.3 is 0 Å². The summed E-state index contributed by atoms with van der Waals surface area (Å²) in [6.07, 6.45) is 0. The molecular formula is C20H27N3O3S. The van der Waals surface area contributed by atoms with Crippen LogP contribution in [0.5, 0.6) is 0 Å². The van der Waals surface area contributed by atoms with E-state index in [1.807, 2.05) is 26.0 Å². The molecule has 0 fully saturated rings. The number of hydrogen-bond acceptors (Lipinski definition) is 4. The van der Waals surface area contributed by atoms with Crippen LogP contribution in [-0.2, 0) is 14.8 Å². The molecule has 0 bridgehead atoms. The molecule has 6 nitrogen and oxygen atoms in total. The SMILES string of the molecule is CCN(CC)S(=O)(=O)c1ccc(NC(=O)CNc2ccc(C)cc2C)cc1. The van der Waals surface area contributed by atoms with Gasteiger partial charge < -0.3 is 10.6 Å². The number of nitrogens with zero attached hydrogens (tertiary/aromatic N) is 1. The maximum absolute atomic E-state index is 12.5. The van der Waals surface area contributed by atoms with E-state index in [1.54, 1.807) is 26.0 Å². The van der Waals surface area contributed by atoms with Crippen LogP contribution in [0.15, 0.2) is 47.4 Å². The number of rotatable bonds is 8. The van der Waals surface area contributed by atoms with Gasteiger partial charge in [0.2, 0.25) is 15.9 Å². The molecule has 0 aromatic heterocycles. The number of benzene rings is 2. The third-order valence-electron chi connectivity index (χ3n) is 4.30. The Balaban J connectivity index is 1.98. The van der Waals surface area contributed by atoms with Crippen molar-refractivity contribution in [1.82, 2.24) is 4.31 Å². The van der Waals surface area contributed by atoms with Gasteiger partial charge in [0.05, 0.1) is 11.4 Å². The molecule has 2 rings (SSSR count). The van der Waals surface area contributed by atoms with Crippen molar-refractivity contribution >= 4 is 27.3 Å². The van der Waals surface area contributed by atoms with E-state index < -0.39 is 10.0 Å². The number of aryl methyl sites for hydroxylation is 2. The second-order valence-corrected chi connectivity index (χ2v) is 8.27. The molecule has 0 aliphatic carbocycles. The van der Waals surface area contributed by atoms with E-state index >= 15 is 0 Å². The second kappa shape index (κ2) is 9.01. The highest BCUT2D eigenvalue weighted by atomic mass is 32.2. The summed E-state index contributed by atoms with van der Waals surface area (Å²) in [7, 11) is -3.49. The highest BCUT2D eigenvalue weighted by Gasteiger charge is 2.21. The van der Waals surface area contributed by atoms with Gasteiger partial charge in [0.1, 0.15) is 0 Å². The Bertz CT molecular complexity index is 889. The standard InChI is InChI=1S/C20H27N3O3S/c1-5-23(6-2)27(25,26)18-10-8-17(9-11-18)22-20(24)14-21-19-12-7-15(3)13-16(19)4/h7-13,21H,5-6,14H2,1-4H3,(H,22,24). The van der Waals surface area contributed by atoms with Crippen LogP contribution in [0.4, 0.5) is 11.4 Å². The van der Waals surface area contributed by atoms with Crippen molar-refractivity contribution in [3.63, 3.8) is 0 Å². The molecule has 0 aliphatic rings. The minimum absolute atomic E-state index is 0.128. The van der Waals surface area contributed by atoms with Crippen molar-refractivity contribution in [2.45, 2.75) is 32.6 Å². The van der Waals surface area contributed by atoms with E-state index in [9.17, 15) is 13.2 Å². The molecule has 146 valence electrons. The summed E-state index contributed by atoms with van der Waals surface area (Å²) in [6, 6.07) is 12.2. The molecule has 0 atom stereocenters. The molecule has 0 heterocycles. The van der Waals surface area contributed by atoms with Crippen molar-refractivity contribution in [2.75, 3.05) is 30.3 Å². The molecular weight excluding hydrogens is 362 g/mol. The van der Waals surface area contributed by atoms with Crippen LogP contribution in [0.25, 0.3) is 0 Å². The summed E-state index contributed by atoms with van der Waals surface area (Å²) < 4.78 is 26.3. The zero-order chi connectivity index (χ0) is 20.0. The lowest BCUT2D eigenvalue weighted by molar-refractivity contribution is -0.114. The summed E-state index contributed by atoms with van der Waals surface area (Å²) >= 11 is 0. The first-order chi connectivity index (χ1) is 12.8. The Labute approximate surface area is 161 Å². The number of sulfonamides is 1. The highest BCUT2D eigenvalue weighted by Crippen LogP contribution is 2.19. The normalized spacial score (nSPS) is 11.4. The third kappa shape index (κ3) is 5.30. The quantitative estimate of drug-likeness (QED) is 0.725.